The van der Waals surface area contributed by atoms with E-state index in [1.54, 1.807) is 18.1 Å². The van der Waals surface area contributed by atoms with E-state index in [0.717, 1.165) is 28.9 Å². The van der Waals surface area contributed by atoms with Crippen LogP contribution in [0.15, 0.2) is 58.8 Å². The van der Waals surface area contributed by atoms with Gasteiger partial charge in [-0.1, -0.05) is 43.3 Å². The van der Waals surface area contributed by atoms with E-state index in [4.69, 9.17) is 5.11 Å². The Balaban J connectivity index is 0.000000282. The van der Waals surface area contributed by atoms with Crippen molar-refractivity contribution in [2.45, 2.75) is 29.7 Å². The first-order valence-corrected chi connectivity index (χ1v) is 7.78. The number of hydrogen-bond donors (Lipinski definition) is 2. The van der Waals surface area contributed by atoms with Gasteiger partial charge in [0.2, 0.25) is 0 Å². The zero-order valence-corrected chi connectivity index (χ0v) is 12.8. The van der Waals surface area contributed by atoms with Crippen LogP contribution in [0, 0.1) is 0 Å². The Labute approximate surface area is 128 Å². The Morgan fingerprint density at radius 1 is 1.14 bits per heavy atom. The van der Waals surface area contributed by atoms with Gasteiger partial charge < -0.3 is 10.1 Å². The third-order valence-electron chi connectivity index (χ3n) is 2.79. The molecule has 0 saturated heterocycles. The van der Waals surface area contributed by atoms with Gasteiger partial charge in [0, 0.05) is 17.7 Å². The molecule has 1 aromatic carbocycles. The van der Waals surface area contributed by atoms with E-state index in [-0.39, 0.29) is 0 Å². The number of aromatic amines is 1. The number of benzene rings is 1. The molecule has 2 heterocycles. The molecule has 21 heavy (non-hydrogen) atoms. The molecule has 110 valence electrons. The van der Waals surface area contributed by atoms with Crippen LogP contribution in [0.2, 0.25) is 0 Å². The predicted molar refractivity (Wildman–Crippen MR) is 86.4 cm³/mol. The van der Waals surface area contributed by atoms with E-state index in [2.05, 4.69) is 34.0 Å². The molecule has 2 aromatic heterocycles. The lowest BCUT2D eigenvalue weighted by atomic mass is 10.4. The van der Waals surface area contributed by atoms with Gasteiger partial charge in [0.25, 0.3) is 0 Å². The molecular weight excluding hydrogens is 282 g/mol. The van der Waals surface area contributed by atoms with E-state index in [1.807, 2.05) is 30.5 Å². The van der Waals surface area contributed by atoms with E-state index in [0.29, 0.717) is 6.61 Å². The minimum atomic E-state index is 0.344. The summed E-state index contributed by atoms with van der Waals surface area (Å²) in [5, 5.41) is 10.1. The number of aliphatic hydroxyl groups excluding tert-OH is 1. The lowest BCUT2D eigenvalue weighted by molar-refractivity contribution is 0.287. The maximum atomic E-state index is 8.07. The van der Waals surface area contributed by atoms with Crippen LogP contribution < -0.4 is 0 Å². The fourth-order valence-corrected chi connectivity index (χ4v) is 2.58. The zero-order chi connectivity index (χ0) is 14.9. The average molecular weight is 301 g/mol. The van der Waals surface area contributed by atoms with Crippen molar-refractivity contribution in [1.29, 1.82) is 0 Å². The molecule has 0 aliphatic rings. The van der Waals surface area contributed by atoms with Gasteiger partial charge in [-0.05, 0) is 24.6 Å². The highest BCUT2D eigenvalue weighted by molar-refractivity contribution is 7.99. The number of hydrogen-bond acceptors (Lipinski definition) is 4. The van der Waals surface area contributed by atoms with E-state index in [1.165, 1.54) is 4.90 Å². The van der Waals surface area contributed by atoms with Crippen LogP contribution in [-0.2, 0) is 0 Å². The van der Waals surface area contributed by atoms with Gasteiger partial charge in [0.15, 0.2) is 0 Å². The van der Waals surface area contributed by atoms with Crippen molar-refractivity contribution in [3.05, 3.63) is 48.9 Å². The van der Waals surface area contributed by atoms with Crippen LogP contribution in [0.4, 0.5) is 0 Å². The molecule has 0 aliphatic carbocycles. The highest BCUT2D eigenvalue weighted by Crippen LogP contribution is 2.30. The Morgan fingerprint density at radius 2 is 1.95 bits per heavy atom. The normalized spacial score (nSPS) is 10.2. The molecule has 4 nitrogen and oxygen atoms in total. The quantitative estimate of drug-likeness (QED) is 0.718. The largest absolute Gasteiger partial charge is 0.396 e. The van der Waals surface area contributed by atoms with Crippen molar-refractivity contribution in [3.8, 4) is 0 Å². The van der Waals surface area contributed by atoms with Gasteiger partial charge >= 0.3 is 0 Å². The molecule has 2 N–H and O–H groups in total. The Morgan fingerprint density at radius 3 is 2.62 bits per heavy atom. The first-order chi connectivity index (χ1) is 10.3. The summed E-state index contributed by atoms with van der Waals surface area (Å²) in [6.45, 7) is 2.40. The number of aromatic nitrogens is 3. The second-order valence-electron chi connectivity index (χ2n) is 4.41. The average Bonchev–Trinajstić information content (AvgIpc) is 2.99. The number of nitrogens with zero attached hydrogens (tertiary/aromatic N) is 2. The van der Waals surface area contributed by atoms with Crippen LogP contribution in [0.1, 0.15) is 19.8 Å². The molecule has 0 spiro atoms. The molecule has 0 radical (unpaired) electrons. The van der Waals surface area contributed by atoms with E-state index >= 15 is 0 Å². The van der Waals surface area contributed by atoms with Crippen LogP contribution >= 0.6 is 11.8 Å². The Kier molecular flexibility index (Phi) is 6.24. The zero-order valence-electron chi connectivity index (χ0n) is 12.0. The topological polar surface area (TPSA) is 61.8 Å². The van der Waals surface area contributed by atoms with Crippen LogP contribution in [0.25, 0.3) is 11.0 Å². The summed E-state index contributed by atoms with van der Waals surface area (Å²) in [5.41, 5.74) is 0.883. The van der Waals surface area contributed by atoms with Gasteiger partial charge in [-0.25, -0.2) is 9.97 Å². The summed E-state index contributed by atoms with van der Waals surface area (Å²) in [6, 6.07) is 12.2. The van der Waals surface area contributed by atoms with Crippen LogP contribution in [-0.4, -0.2) is 26.7 Å². The summed E-state index contributed by atoms with van der Waals surface area (Å²) in [4.78, 5) is 12.7. The van der Waals surface area contributed by atoms with Crippen molar-refractivity contribution in [2.24, 2.45) is 0 Å². The standard InChI is InChI=1S/C12H9N3S.C4H10O/c1-2-4-9(5-3-1)16-12-10-6-7-13-11(10)14-8-15-12;1-2-3-4-5/h1-8H,(H,13,14,15);5H,2-4H2,1H3. The van der Waals surface area contributed by atoms with Crippen LogP contribution in [0.5, 0.6) is 0 Å². The monoisotopic (exact) mass is 301 g/mol. The van der Waals surface area contributed by atoms with Gasteiger partial charge in [-0.15, -0.1) is 0 Å². The Bertz CT molecular complexity index is 653. The SMILES string of the molecule is CCCCO.c1ccc(Sc2ncnc3[nH]ccc23)cc1. The molecule has 0 aliphatic heterocycles. The maximum absolute atomic E-state index is 8.07. The highest BCUT2D eigenvalue weighted by atomic mass is 32.2. The van der Waals surface area contributed by atoms with Crippen molar-refractivity contribution in [1.82, 2.24) is 15.0 Å². The first kappa shape index (κ1) is 15.5. The number of nitrogens with one attached hydrogen (secondary N) is 1. The summed E-state index contributed by atoms with van der Waals surface area (Å²) in [6.07, 6.45) is 5.51. The minimum Gasteiger partial charge on any atom is -0.396 e. The molecule has 0 fully saturated rings. The molecule has 3 aromatic rings. The summed E-state index contributed by atoms with van der Waals surface area (Å²) in [7, 11) is 0. The molecule has 0 bridgehead atoms. The molecule has 5 heteroatoms. The van der Waals surface area contributed by atoms with Gasteiger partial charge in [0.05, 0.1) is 5.39 Å². The van der Waals surface area contributed by atoms with Gasteiger partial charge in [0.1, 0.15) is 17.0 Å². The number of rotatable bonds is 4. The maximum Gasteiger partial charge on any atom is 0.141 e. The lowest BCUT2D eigenvalue weighted by Gasteiger charge is -2.00. The minimum absolute atomic E-state index is 0.344. The third kappa shape index (κ3) is 4.58. The summed E-state index contributed by atoms with van der Waals surface area (Å²) < 4.78 is 0. The third-order valence-corrected chi connectivity index (χ3v) is 3.81. The highest BCUT2D eigenvalue weighted by Gasteiger charge is 2.05. The smallest absolute Gasteiger partial charge is 0.141 e. The van der Waals surface area contributed by atoms with E-state index < -0.39 is 0 Å². The Hall–Kier alpha value is -1.85. The second kappa shape index (κ2) is 8.44. The molecule has 0 atom stereocenters. The summed E-state index contributed by atoms with van der Waals surface area (Å²) >= 11 is 1.65. The predicted octanol–water partition coefficient (Wildman–Crippen LogP) is 3.89. The molecule has 0 saturated carbocycles. The second-order valence-corrected chi connectivity index (χ2v) is 5.47. The number of H-pyrrole nitrogens is 1. The van der Waals surface area contributed by atoms with Crippen LogP contribution in [0.3, 0.4) is 0 Å². The fourth-order valence-electron chi connectivity index (χ4n) is 1.69. The molecular formula is C16H19N3OS. The molecule has 0 amide bonds. The molecule has 3 rings (SSSR count). The van der Waals surface area contributed by atoms with E-state index in [9.17, 15) is 0 Å². The van der Waals surface area contributed by atoms with Crippen molar-refractivity contribution < 1.29 is 5.11 Å². The van der Waals surface area contributed by atoms with Crippen molar-refractivity contribution in [2.75, 3.05) is 6.61 Å². The van der Waals surface area contributed by atoms with Crippen molar-refractivity contribution in [3.63, 3.8) is 0 Å². The van der Waals surface area contributed by atoms with Gasteiger partial charge in [-0.2, -0.15) is 0 Å². The fraction of sp³-hybridized carbons (Fsp3) is 0.250. The summed E-state index contributed by atoms with van der Waals surface area (Å²) in [5.74, 6) is 0. The molecule has 0 unspecified atom stereocenters. The van der Waals surface area contributed by atoms with Gasteiger partial charge in [-0.3, -0.25) is 0 Å². The first-order valence-electron chi connectivity index (χ1n) is 6.97. The number of fused-ring (bicyclic) bond motifs is 1. The lowest BCUT2D eigenvalue weighted by Crippen LogP contribution is -1.84. The van der Waals surface area contributed by atoms with Crippen molar-refractivity contribution >= 4 is 22.8 Å². The number of unbranched alkanes of at least 4 members (excludes halogenated alkanes) is 1. The number of aliphatic hydroxyl groups is 1.